The highest BCUT2D eigenvalue weighted by atomic mass is 16.4. The second kappa shape index (κ2) is 30.3. The van der Waals surface area contributed by atoms with Crippen LogP contribution in [-0.2, 0) is 14.4 Å². The topological polar surface area (TPSA) is 139 Å². The molecule has 0 aromatic rings. The maximum Gasteiger partial charge on any atom is 0.320 e. The monoisotopic (exact) mass is 571 g/mol. The Balaban J connectivity index is 0. The van der Waals surface area contributed by atoms with Crippen LogP contribution >= 0.6 is 0 Å². The molecule has 0 bridgehead atoms. The molecule has 0 fully saturated rings. The van der Waals surface area contributed by atoms with Gasteiger partial charge in [0.2, 0.25) is 11.8 Å². The molecule has 0 saturated carbocycles. The van der Waals surface area contributed by atoms with Crippen molar-refractivity contribution >= 4 is 17.8 Å². The van der Waals surface area contributed by atoms with Gasteiger partial charge in [-0.3, -0.25) is 19.3 Å². The zero-order valence-corrected chi connectivity index (χ0v) is 26.7. The summed E-state index contributed by atoms with van der Waals surface area (Å²) in [5.74, 6) is -1.43. The van der Waals surface area contributed by atoms with Crippen molar-refractivity contribution in [1.29, 1.82) is 0 Å². The van der Waals surface area contributed by atoms with Gasteiger partial charge in [-0.25, -0.2) is 0 Å². The third-order valence-electron chi connectivity index (χ3n) is 7.36. The molecule has 8 heteroatoms. The molecule has 0 aliphatic heterocycles. The molecule has 0 rings (SSSR count). The Morgan fingerprint density at radius 1 is 0.675 bits per heavy atom. The number of hydrogen-bond donors (Lipinski definition) is 4. The molecule has 0 aliphatic rings. The van der Waals surface area contributed by atoms with Gasteiger partial charge >= 0.3 is 5.97 Å². The highest BCUT2D eigenvalue weighted by Gasteiger charge is 2.12. The van der Waals surface area contributed by atoms with E-state index in [-0.39, 0.29) is 24.9 Å². The van der Waals surface area contributed by atoms with E-state index in [1.165, 1.54) is 116 Å². The van der Waals surface area contributed by atoms with Crippen LogP contribution in [0.3, 0.4) is 0 Å². The number of nitrogens with two attached hydrogens (primary N) is 2. The van der Waals surface area contributed by atoms with Gasteiger partial charge in [0, 0.05) is 12.8 Å². The average molecular weight is 571 g/mol. The highest BCUT2D eigenvalue weighted by molar-refractivity contribution is 5.77. The first-order valence-electron chi connectivity index (χ1n) is 16.4. The lowest BCUT2D eigenvalue weighted by Gasteiger charge is -2.23. The van der Waals surface area contributed by atoms with Crippen molar-refractivity contribution in [2.45, 2.75) is 174 Å². The Labute approximate surface area is 246 Å². The van der Waals surface area contributed by atoms with E-state index in [0.717, 1.165) is 12.8 Å². The number of amides is 2. The number of nitrogens with one attached hydrogen (secondary N) is 1. The van der Waals surface area contributed by atoms with Gasteiger partial charge in [-0.15, -0.1) is 0 Å². The standard InChI is InChI=1S/C27H56N2O.C5H10N2O3/c1-5-7-8-9-10-11-12-13-14-15-16-17-18-19-20-21-22-23-24-25-27(30)28-26(6-2)29(3)4;6-3(5(9)10)1-2-4(7)8/h26H,5-25H2,1-4H3,(H,28,30);3H,1-2,6H2,(H2,7,8)(H,9,10)/t;3-/m.0/s1. The number of rotatable bonds is 27. The number of hydrogen-bond acceptors (Lipinski definition) is 5. The quantitative estimate of drug-likeness (QED) is 0.0627. The molecule has 1 unspecified atom stereocenters. The Hall–Kier alpha value is -1.67. The van der Waals surface area contributed by atoms with Crippen LogP contribution in [0.1, 0.15) is 162 Å². The first-order chi connectivity index (χ1) is 19.1. The van der Waals surface area contributed by atoms with Gasteiger partial charge < -0.3 is 21.9 Å². The normalized spacial score (nSPS) is 12.4. The van der Waals surface area contributed by atoms with E-state index in [4.69, 9.17) is 16.6 Å². The molecule has 6 N–H and O–H groups in total. The first-order valence-corrected chi connectivity index (χ1v) is 16.4. The maximum absolute atomic E-state index is 12.0. The van der Waals surface area contributed by atoms with E-state index in [9.17, 15) is 14.4 Å². The summed E-state index contributed by atoms with van der Waals surface area (Å²) < 4.78 is 0. The molecule has 0 spiro atoms. The second-order valence-corrected chi connectivity index (χ2v) is 11.5. The lowest BCUT2D eigenvalue weighted by molar-refractivity contribution is -0.138. The molecular weight excluding hydrogens is 504 g/mol. The molecule has 0 aromatic heterocycles. The number of carboxylic acid groups (broad SMARTS) is 1. The minimum atomic E-state index is -1.11. The fourth-order valence-electron chi connectivity index (χ4n) is 4.64. The van der Waals surface area contributed by atoms with Crippen LogP contribution in [0.25, 0.3) is 0 Å². The number of aliphatic carboxylic acids is 1. The van der Waals surface area contributed by atoms with Crippen LogP contribution in [0.5, 0.6) is 0 Å². The van der Waals surface area contributed by atoms with Gasteiger partial charge in [0.15, 0.2) is 0 Å². The molecule has 8 nitrogen and oxygen atoms in total. The van der Waals surface area contributed by atoms with Crippen molar-refractivity contribution in [3.05, 3.63) is 0 Å². The lowest BCUT2D eigenvalue weighted by Crippen LogP contribution is -2.44. The molecule has 238 valence electrons. The summed E-state index contributed by atoms with van der Waals surface area (Å²) in [4.78, 5) is 34.2. The summed E-state index contributed by atoms with van der Waals surface area (Å²) in [5, 5.41) is 11.3. The average Bonchev–Trinajstić information content (AvgIpc) is 2.91. The SMILES string of the molecule is CCCCCCCCCCCCCCCCCCCCCC(=O)NC(CC)N(C)C.NC(=O)CC[C@H](N)C(=O)O. The van der Waals surface area contributed by atoms with Crippen LogP contribution in [0, 0.1) is 0 Å². The number of primary amides is 1. The smallest absolute Gasteiger partial charge is 0.320 e. The van der Waals surface area contributed by atoms with E-state index in [1.54, 1.807) is 0 Å². The molecular formula is C32H66N4O4. The van der Waals surface area contributed by atoms with E-state index in [2.05, 4.69) is 24.1 Å². The lowest BCUT2D eigenvalue weighted by atomic mass is 10.0. The van der Waals surface area contributed by atoms with E-state index < -0.39 is 17.9 Å². The number of unbranched alkanes of at least 4 members (excludes halogenated alkanes) is 18. The van der Waals surface area contributed by atoms with Gasteiger partial charge in [0.1, 0.15) is 6.04 Å². The van der Waals surface area contributed by atoms with Gasteiger partial charge in [-0.1, -0.05) is 129 Å². The summed E-state index contributed by atoms with van der Waals surface area (Å²) >= 11 is 0. The van der Waals surface area contributed by atoms with E-state index in [0.29, 0.717) is 6.42 Å². The molecule has 0 aliphatic carbocycles. The molecule has 2 atom stereocenters. The summed E-state index contributed by atoms with van der Waals surface area (Å²) in [7, 11) is 4.04. The largest absolute Gasteiger partial charge is 0.480 e. The van der Waals surface area contributed by atoms with Crippen LogP contribution in [0.4, 0.5) is 0 Å². The minimum absolute atomic E-state index is 0.0213. The minimum Gasteiger partial charge on any atom is -0.480 e. The van der Waals surface area contributed by atoms with Crippen molar-refractivity contribution in [2.24, 2.45) is 11.5 Å². The van der Waals surface area contributed by atoms with Crippen LogP contribution in [0.2, 0.25) is 0 Å². The highest BCUT2D eigenvalue weighted by Crippen LogP contribution is 2.15. The molecule has 0 aromatic carbocycles. The predicted molar refractivity (Wildman–Crippen MR) is 168 cm³/mol. The third kappa shape index (κ3) is 30.9. The Morgan fingerprint density at radius 3 is 1.35 bits per heavy atom. The van der Waals surface area contributed by atoms with E-state index >= 15 is 0 Å². The summed E-state index contributed by atoms with van der Waals surface area (Å²) in [6.45, 7) is 4.40. The maximum atomic E-state index is 12.0. The number of carbonyl (C=O) groups excluding carboxylic acids is 2. The summed E-state index contributed by atoms with van der Waals surface area (Å²) in [6.07, 6.45) is 28.3. The Kier molecular flexibility index (Phi) is 30.6. The van der Waals surface area contributed by atoms with Crippen molar-refractivity contribution in [3.63, 3.8) is 0 Å². The molecule has 0 heterocycles. The molecule has 0 radical (unpaired) electrons. The second-order valence-electron chi connectivity index (χ2n) is 11.5. The van der Waals surface area contributed by atoms with Crippen LogP contribution < -0.4 is 16.8 Å². The summed E-state index contributed by atoms with van der Waals surface area (Å²) in [6, 6.07) is -0.979. The van der Waals surface area contributed by atoms with Gasteiger partial charge in [0.05, 0.1) is 6.17 Å². The van der Waals surface area contributed by atoms with Gasteiger partial charge in [-0.2, -0.15) is 0 Å². The van der Waals surface area contributed by atoms with Crippen molar-refractivity contribution in [1.82, 2.24) is 10.2 Å². The predicted octanol–water partition coefficient (Wildman–Crippen LogP) is 6.89. The number of nitrogens with zero attached hydrogens (tertiary/aromatic N) is 1. The van der Waals surface area contributed by atoms with Gasteiger partial charge in [-0.05, 0) is 33.4 Å². The van der Waals surface area contributed by atoms with Crippen molar-refractivity contribution < 1.29 is 19.5 Å². The van der Waals surface area contributed by atoms with Crippen molar-refractivity contribution in [2.75, 3.05) is 14.1 Å². The fraction of sp³-hybridized carbons (Fsp3) is 0.906. The number of carbonyl (C=O) groups is 3. The fourth-order valence-corrected chi connectivity index (χ4v) is 4.64. The number of carboxylic acids is 1. The zero-order chi connectivity index (χ0) is 30.4. The van der Waals surface area contributed by atoms with Gasteiger partial charge in [0.25, 0.3) is 0 Å². The van der Waals surface area contributed by atoms with Crippen molar-refractivity contribution in [3.8, 4) is 0 Å². The first kappa shape index (κ1) is 40.5. The summed E-state index contributed by atoms with van der Waals surface area (Å²) in [5.41, 5.74) is 9.81. The third-order valence-corrected chi connectivity index (χ3v) is 7.36. The Bertz CT molecular complexity index is 601. The van der Waals surface area contributed by atoms with E-state index in [1.807, 2.05) is 14.1 Å². The molecule has 2 amide bonds. The molecule has 0 saturated heterocycles. The zero-order valence-electron chi connectivity index (χ0n) is 26.7. The van der Waals surface area contributed by atoms with Crippen LogP contribution in [-0.4, -0.2) is 54.1 Å². The van der Waals surface area contributed by atoms with Crippen LogP contribution in [0.15, 0.2) is 0 Å². The Morgan fingerprint density at radius 2 is 1.05 bits per heavy atom. The molecule has 40 heavy (non-hydrogen) atoms.